The molecule has 16 heavy (non-hydrogen) atoms. The molecule has 1 N–H and O–H groups in total. The van der Waals surface area contributed by atoms with Crippen LogP contribution in [0.1, 0.15) is 10.6 Å². The Bertz CT molecular complexity index is 431. The van der Waals surface area contributed by atoms with Gasteiger partial charge in [-0.15, -0.1) is 11.3 Å². The molecule has 0 aliphatic rings. The minimum atomic E-state index is 0.551. The summed E-state index contributed by atoms with van der Waals surface area (Å²) < 4.78 is 5.55. The summed E-state index contributed by atoms with van der Waals surface area (Å²) in [6, 6.07) is 4.04. The van der Waals surface area contributed by atoms with Gasteiger partial charge in [0.1, 0.15) is 6.61 Å². The molecule has 0 unspecified atom stereocenters. The fraction of sp³-hybridized carbons (Fsp3) is 0.273. The standard InChI is InChI=1S/C11H13N3OS/c1-12-5-9-6-13-7-11(14-9)15-8-10-3-2-4-16-10/h2-4,6-7,12H,5,8H2,1H3. The first kappa shape index (κ1) is 11.0. The third-order valence-electron chi connectivity index (χ3n) is 1.96. The molecule has 0 amide bonds. The van der Waals surface area contributed by atoms with Crippen LogP contribution in [0.3, 0.4) is 0 Å². The van der Waals surface area contributed by atoms with Crippen LogP contribution in [0.5, 0.6) is 5.88 Å². The van der Waals surface area contributed by atoms with E-state index in [1.54, 1.807) is 23.7 Å². The van der Waals surface area contributed by atoms with Gasteiger partial charge in [0, 0.05) is 17.6 Å². The van der Waals surface area contributed by atoms with Crippen molar-refractivity contribution in [2.24, 2.45) is 0 Å². The maximum Gasteiger partial charge on any atom is 0.232 e. The van der Waals surface area contributed by atoms with Crippen LogP contribution in [0.2, 0.25) is 0 Å². The van der Waals surface area contributed by atoms with E-state index in [1.165, 1.54) is 4.88 Å². The van der Waals surface area contributed by atoms with Crippen LogP contribution in [0.15, 0.2) is 29.9 Å². The van der Waals surface area contributed by atoms with Crippen molar-refractivity contribution < 1.29 is 4.74 Å². The van der Waals surface area contributed by atoms with Crippen LogP contribution in [-0.2, 0) is 13.2 Å². The average Bonchev–Trinajstić information content (AvgIpc) is 2.80. The van der Waals surface area contributed by atoms with Gasteiger partial charge < -0.3 is 10.1 Å². The van der Waals surface area contributed by atoms with E-state index in [1.807, 2.05) is 24.6 Å². The van der Waals surface area contributed by atoms with Crippen LogP contribution in [0.4, 0.5) is 0 Å². The third kappa shape index (κ3) is 3.01. The highest BCUT2D eigenvalue weighted by molar-refractivity contribution is 7.09. The molecule has 0 saturated carbocycles. The molecule has 0 bridgehead atoms. The fourth-order valence-corrected chi connectivity index (χ4v) is 1.88. The number of rotatable bonds is 5. The van der Waals surface area contributed by atoms with Gasteiger partial charge in [-0.2, -0.15) is 0 Å². The Kier molecular flexibility index (Phi) is 3.85. The summed E-state index contributed by atoms with van der Waals surface area (Å²) in [7, 11) is 1.88. The first-order valence-electron chi connectivity index (χ1n) is 4.99. The highest BCUT2D eigenvalue weighted by atomic mass is 32.1. The number of nitrogens with one attached hydrogen (secondary N) is 1. The van der Waals surface area contributed by atoms with Gasteiger partial charge in [-0.05, 0) is 18.5 Å². The normalized spacial score (nSPS) is 10.3. The van der Waals surface area contributed by atoms with Crippen LogP contribution in [0.25, 0.3) is 0 Å². The molecule has 2 rings (SSSR count). The second-order valence-corrected chi connectivity index (χ2v) is 4.28. The molecular weight excluding hydrogens is 222 g/mol. The van der Waals surface area contributed by atoms with Gasteiger partial charge in [0.25, 0.3) is 0 Å². The number of hydrogen-bond donors (Lipinski definition) is 1. The van der Waals surface area contributed by atoms with Gasteiger partial charge in [0.15, 0.2) is 0 Å². The molecule has 0 spiro atoms. The summed E-state index contributed by atoms with van der Waals surface area (Å²) in [6.45, 7) is 1.25. The highest BCUT2D eigenvalue weighted by Crippen LogP contribution is 2.12. The van der Waals surface area contributed by atoms with Crippen molar-refractivity contribution >= 4 is 11.3 Å². The zero-order valence-electron chi connectivity index (χ0n) is 9.01. The summed E-state index contributed by atoms with van der Waals surface area (Å²) >= 11 is 1.67. The molecule has 5 heteroatoms. The number of aromatic nitrogens is 2. The Labute approximate surface area is 98.3 Å². The molecule has 0 atom stereocenters. The van der Waals surface area contributed by atoms with E-state index in [0.717, 1.165) is 5.69 Å². The summed E-state index contributed by atoms with van der Waals surface area (Å²) in [5.41, 5.74) is 0.881. The third-order valence-corrected chi connectivity index (χ3v) is 2.81. The highest BCUT2D eigenvalue weighted by Gasteiger charge is 2.00. The molecule has 84 valence electrons. The first-order chi connectivity index (χ1) is 7.88. The predicted molar refractivity (Wildman–Crippen MR) is 63.4 cm³/mol. The van der Waals surface area contributed by atoms with E-state index >= 15 is 0 Å². The van der Waals surface area contributed by atoms with E-state index in [-0.39, 0.29) is 0 Å². The van der Waals surface area contributed by atoms with Gasteiger partial charge in [-0.3, -0.25) is 4.98 Å². The molecule has 0 fully saturated rings. The Hall–Kier alpha value is -1.46. The Morgan fingerprint density at radius 1 is 1.44 bits per heavy atom. The van der Waals surface area contributed by atoms with Crippen molar-refractivity contribution in [3.63, 3.8) is 0 Å². The molecule has 2 aromatic heterocycles. The van der Waals surface area contributed by atoms with Crippen molar-refractivity contribution in [2.75, 3.05) is 7.05 Å². The lowest BCUT2D eigenvalue weighted by Gasteiger charge is -2.04. The fourth-order valence-electron chi connectivity index (χ4n) is 1.26. The van der Waals surface area contributed by atoms with E-state index in [0.29, 0.717) is 19.0 Å². The minimum Gasteiger partial charge on any atom is -0.471 e. The number of hydrogen-bond acceptors (Lipinski definition) is 5. The van der Waals surface area contributed by atoms with Crippen LogP contribution in [-0.4, -0.2) is 17.0 Å². The molecule has 0 aliphatic heterocycles. The molecule has 0 radical (unpaired) electrons. The maximum absolute atomic E-state index is 5.55. The van der Waals surface area contributed by atoms with Gasteiger partial charge in [0.2, 0.25) is 5.88 Å². The van der Waals surface area contributed by atoms with Crippen LogP contribution in [0, 0.1) is 0 Å². The maximum atomic E-state index is 5.55. The molecule has 0 aromatic carbocycles. The topological polar surface area (TPSA) is 47.0 Å². The summed E-state index contributed by atoms with van der Waals surface area (Å²) in [5.74, 6) is 0.571. The van der Waals surface area contributed by atoms with Crippen molar-refractivity contribution in [3.05, 3.63) is 40.5 Å². The average molecular weight is 235 g/mol. The minimum absolute atomic E-state index is 0.551. The first-order valence-corrected chi connectivity index (χ1v) is 5.87. The second kappa shape index (κ2) is 5.58. The van der Waals surface area contributed by atoms with E-state index < -0.39 is 0 Å². The molecule has 0 saturated heterocycles. The zero-order valence-corrected chi connectivity index (χ0v) is 9.83. The molecule has 4 nitrogen and oxygen atoms in total. The predicted octanol–water partition coefficient (Wildman–Crippen LogP) is 1.84. The van der Waals surface area contributed by atoms with E-state index in [9.17, 15) is 0 Å². The molecular formula is C11H13N3OS. The van der Waals surface area contributed by atoms with Crippen molar-refractivity contribution in [1.82, 2.24) is 15.3 Å². The summed E-state index contributed by atoms with van der Waals surface area (Å²) in [5, 5.41) is 5.05. The number of ether oxygens (including phenoxy) is 1. The zero-order chi connectivity index (χ0) is 11.2. The van der Waals surface area contributed by atoms with Gasteiger partial charge in [0.05, 0.1) is 11.9 Å². The van der Waals surface area contributed by atoms with E-state index in [2.05, 4.69) is 15.3 Å². The SMILES string of the molecule is CNCc1cncc(OCc2cccs2)n1. The smallest absolute Gasteiger partial charge is 0.232 e. The number of nitrogens with zero attached hydrogens (tertiary/aromatic N) is 2. The Balaban J connectivity index is 1.96. The second-order valence-electron chi connectivity index (χ2n) is 3.25. The van der Waals surface area contributed by atoms with Crippen molar-refractivity contribution in [1.29, 1.82) is 0 Å². The van der Waals surface area contributed by atoms with Crippen molar-refractivity contribution in [2.45, 2.75) is 13.2 Å². The Morgan fingerprint density at radius 3 is 3.12 bits per heavy atom. The lowest BCUT2D eigenvalue weighted by molar-refractivity contribution is 0.294. The summed E-state index contributed by atoms with van der Waals surface area (Å²) in [6.07, 6.45) is 3.36. The Morgan fingerprint density at radius 2 is 2.38 bits per heavy atom. The molecule has 2 heterocycles. The lowest BCUT2D eigenvalue weighted by atomic mass is 10.4. The quantitative estimate of drug-likeness (QED) is 0.859. The molecule has 2 aromatic rings. The van der Waals surface area contributed by atoms with Gasteiger partial charge in [-0.25, -0.2) is 4.98 Å². The largest absolute Gasteiger partial charge is 0.471 e. The van der Waals surface area contributed by atoms with Crippen molar-refractivity contribution in [3.8, 4) is 5.88 Å². The monoisotopic (exact) mass is 235 g/mol. The number of thiophene rings is 1. The summed E-state index contributed by atoms with van der Waals surface area (Å²) in [4.78, 5) is 9.58. The van der Waals surface area contributed by atoms with Crippen LogP contribution < -0.4 is 10.1 Å². The van der Waals surface area contributed by atoms with Gasteiger partial charge >= 0.3 is 0 Å². The molecule has 0 aliphatic carbocycles. The van der Waals surface area contributed by atoms with Crippen LogP contribution >= 0.6 is 11.3 Å². The van der Waals surface area contributed by atoms with Gasteiger partial charge in [-0.1, -0.05) is 6.07 Å². The lowest BCUT2D eigenvalue weighted by Crippen LogP contribution is -2.08. The van der Waals surface area contributed by atoms with E-state index in [4.69, 9.17) is 4.74 Å².